The van der Waals surface area contributed by atoms with Crippen molar-refractivity contribution in [3.8, 4) is 0 Å². The van der Waals surface area contributed by atoms with Gasteiger partial charge in [0, 0.05) is 0 Å². The molecule has 0 nitrogen and oxygen atoms in total. The molecule has 0 aliphatic rings. The normalized spacial score (nSPS) is 11.5. The van der Waals surface area contributed by atoms with E-state index in [9.17, 15) is 0 Å². The van der Waals surface area contributed by atoms with E-state index < -0.39 is 0 Å². The van der Waals surface area contributed by atoms with Gasteiger partial charge in [0.15, 0.2) is 0 Å². The zero-order valence-electron chi connectivity index (χ0n) is 25.9. The number of hydrogen-bond donors (Lipinski definition) is 0. The third kappa shape index (κ3) is 34.0. The molecule has 0 heteroatoms. The first-order valence-corrected chi connectivity index (χ1v) is 17.7. The maximum Gasteiger partial charge on any atom is -0.0386 e. The van der Waals surface area contributed by atoms with Gasteiger partial charge in [0.05, 0.1) is 0 Å². The highest BCUT2D eigenvalue weighted by Crippen LogP contribution is 2.16. The first-order valence-electron chi connectivity index (χ1n) is 17.7. The lowest BCUT2D eigenvalue weighted by Gasteiger charge is -2.04. The predicted octanol–water partition coefficient (Wildman–Crippen LogP) is 14.1. The molecule has 217 valence electrons. The van der Waals surface area contributed by atoms with Gasteiger partial charge >= 0.3 is 0 Å². The second-order valence-electron chi connectivity index (χ2n) is 12.1. The monoisotopic (exact) mass is 506 g/mol. The molecule has 0 aliphatic carbocycles. The van der Waals surface area contributed by atoms with Crippen molar-refractivity contribution in [1.82, 2.24) is 0 Å². The van der Waals surface area contributed by atoms with Crippen LogP contribution in [0.15, 0.2) is 0 Å². The lowest BCUT2D eigenvalue weighted by molar-refractivity contribution is 0.522. The van der Waals surface area contributed by atoms with Crippen molar-refractivity contribution in [1.29, 1.82) is 0 Å². The Balaban J connectivity index is 3.00. The molecule has 0 heterocycles. The highest BCUT2D eigenvalue weighted by molar-refractivity contribution is 4.64. The van der Waals surface area contributed by atoms with E-state index in [0.29, 0.717) is 0 Å². The van der Waals surface area contributed by atoms with E-state index in [1.165, 1.54) is 212 Å². The Hall–Kier alpha value is 0. The molecular formula is C36H73. The highest BCUT2D eigenvalue weighted by atomic mass is 14.0. The quantitative estimate of drug-likeness (QED) is 0.0778. The smallest absolute Gasteiger partial charge is 0.0386 e. The molecule has 0 aromatic rings. The lowest BCUT2D eigenvalue weighted by Crippen LogP contribution is -1.85. The SMILES string of the molecule is CCCCCCCCCCCCCC[CH]CCCCCCCCCCCCCCCCCCCCC. The summed E-state index contributed by atoms with van der Waals surface area (Å²) in [5.74, 6) is 0. The van der Waals surface area contributed by atoms with Gasteiger partial charge < -0.3 is 0 Å². The summed E-state index contributed by atoms with van der Waals surface area (Å²) in [6, 6.07) is 0. The average molecular weight is 506 g/mol. The maximum atomic E-state index is 2.59. The van der Waals surface area contributed by atoms with E-state index in [-0.39, 0.29) is 0 Å². The summed E-state index contributed by atoms with van der Waals surface area (Å²) in [5, 5.41) is 0. The van der Waals surface area contributed by atoms with Gasteiger partial charge in [0.25, 0.3) is 0 Å². The number of unbranched alkanes of at least 4 members (excludes halogenated alkanes) is 33. The second kappa shape index (κ2) is 35.0. The molecule has 1 radical (unpaired) electrons. The molecule has 0 unspecified atom stereocenters. The van der Waals surface area contributed by atoms with Crippen LogP contribution in [0.5, 0.6) is 0 Å². The Kier molecular flexibility index (Phi) is 35.0. The van der Waals surface area contributed by atoms with Crippen molar-refractivity contribution < 1.29 is 0 Å². The topological polar surface area (TPSA) is 0 Å². The third-order valence-corrected chi connectivity index (χ3v) is 8.27. The van der Waals surface area contributed by atoms with Crippen LogP contribution in [-0.4, -0.2) is 0 Å². The molecule has 0 saturated heterocycles. The van der Waals surface area contributed by atoms with Crippen LogP contribution in [-0.2, 0) is 0 Å². The summed E-state index contributed by atoms with van der Waals surface area (Å²) in [6.07, 6.45) is 50.9. The van der Waals surface area contributed by atoms with Gasteiger partial charge in [-0.1, -0.05) is 226 Å². The van der Waals surface area contributed by atoms with E-state index in [1.54, 1.807) is 0 Å². The van der Waals surface area contributed by atoms with Crippen LogP contribution in [0.25, 0.3) is 0 Å². The predicted molar refractivity (Wildman–Crippen MR) is 168 cm³/mol. The van der Waals surface area contributed by atoms with Crippen LogP contribution in [0.2, 0.25) is 0 Å². The third-order valence-electron chi connectivity index (χ3n) is 8.27. The molecule has 0 fully saturated rings. The summed E-state index contributed by atoms with van der Waals surface area (Å²) in [5.41, 5.74) is 0. The van der Waals surface area contributed by atoms with Gasteiger partial charge in [-0.25, -0.2) is 0 Å². The van der Waals surface area contributed by atoms with Crippen LogP contribution in [0, 0.1) is 6.42 Å². The largest absolute Gasteiger partial charge is 0.0654 e. The van der Waals surface area contributed by atoms with Crippen LogP contribution in [0.4, 0.5) is 0 Å². The minimum absolute atomic E-state index is 1.37. The maximum absolute atomic E-state index is 2.59. The molecule has 0 amide bonds. The summed E-state index contributed by atoms with van der Waals surface area (Å²) in [7, 11) is 0. The summed E-state index contributed by atoms with van der Waals surface area (Å²) >= 11 is 0. The molecule has 0 saturated carbocycles. The van der Waals surface area contributed by atoms with Gasteiger partial charge in [0.2, 0.25) is 0 Å². The van der Waals surface area contributed by atoms with Crippen LogP contribution >= 0.6 is 0 Å². The fourth-order valence-corrected chi connectivity index (χ4v) is 5.64. The number of hydrogen-bond acceptors (Lipinski definition) is 0. The van der Waals surface area contributed by atoms with Crippen LogP contribution in [0.1, 0.15) is 226 Å². The van der Waals surface area contributed by atoms with Crippen LogP contribution in [0.3, 0.4) is 0 Å². The highest BCUT2D eigenvalue weighted by Gasteiger charge is 1.97. The molecular weight excluding hydrogens is 432 g/mol. The van der Waals surface area contributed by atoms with Crippen LogP contribution < -0.4 is 0 Å². The van der Waals surface area contributed by atoms with E-state index in [1.807, 2.05) is 0 Å². The van der Waals surface area contributed by atoms with Gasteiger partial charge in [-0.05, 0) is 6.42 Å². The van der Waals surface area contributed by atoms with Gasteiger partial charge in [-0.3, -0.25) is 0 Å². The van der Waals surface area contributed by atoms with Crippen molar-refractivity contribution in [2.75, 3.05) is 0 Å². The van der Waals surface area contributed by atoms with Crippen molar-refractivity contribution in [3.05, 3.63) is 6.42 Å². The first-order chi connectivity index (χ1) is 17.9. The standard InChI is InChI=1S/C36H73/c1-3-5-7-9-11-13-15-17-19-21-23-25-27-29-31-33-35-36-34-32-30-28-26-24-22-20-18-16-14-12-10-8-6-4-2/h29H,3-28,30-36H2,1-2H3. The molecule has 0 atom stereocenters. The Morgan fingerprint density at radius 1 is 0.222 bits per heavy atom. The van der Waals surface area contributed by atoms with Crippen molar-refractivity contribution in [3.63, 3.8) is 0 Å². The molecule has 0 bridgehead atoms. The van der Waals surface area contributed by atoms with E-state index in [0.717, 1.165) is 0 Å². The summed E-state index contributed by atoms with van der Waals surface area (Å²) in [4.78, 5) is 0. The Labute approximate surface area is 232 Å². The molecule has 36 heavy (non-hydrogen) atoms. The average Bonchev–Trinajstić information content (AvgIpc) is 2.89. The fraction of sp³-hybridized carbons (Fsp3) is 0.972. The minimum Gasteiger partial charge on any atom is -0.0654 e. The van der Waals surface area contributed by atoms with Crippen molar-refractivity contribution >= 4 is 0 Å². The van der Waals surface area contributed by atoms with Gasteiger partial charge in [-0.2, -0.15) is 0 Å². The Bertz CT molecular complexity index is 312. The molecule has 0 aromatic heterocycles. The fourth-order valence-electron chi connectivity index (χ4n) is 5.64. The first kappa shape index (κ1) is 36.0. The summed E-state index contributed by atoms with van der Waals surface area (Å²) < 4.78 is 0. The van der Waals surface area contributed by atoms with Gasteiger partial charge in [-0.15, -0.1) is 0 Å². The molecule has 0 spiro atoms. The van der Waals surface area contributed by atoms with Crippen molar-refractivity contribution in [2.24, 2.45) is 0 Å². The Morgan fingerprint density at radius 2 is 0.389 bits per heavy atom. The van der Waals surface area contributed by atoms with E-state index in [2.05, 4.69) is 20.3 Å². The number of rotatable bonds is 33. The van der Waals surface area contributed by atoms with Gasteiger partial charge in [0.1, 0.15) is 0 Å². The van der Waals surface area contributed by atoms with E-state index >= 15 is 0 Å². The molecule has 0 rings (SSSR count). The summed E-state index contributed by atoms with van der Waals surface area (Å²) in [6.45, 7) is 4.61. The minimum atomic E-state index is 1.37. The molecule has 0 aliphatic heterocycles. The molecule has 0 aromatic carbocycles. The Morgan fingerprint density at radius 3 is 0.583 bits per heavy atom. The zero-order chi connectivity index (χ0) is 26.0. The van der Waals surface area contributed by atoms with E-state index in [4.69, 9.17) is 0 Å². The van der Waals surface area contributed by atoms with Crippen molar-refractivity contribution in [2.45, 2.75) is 226 Å². The molecule has 0 N–H and O–H groups in total. The zero-order valence-corrected chi connectivity index (χ0v) is 25.9. The second-order valence-corrected chi connectivity index (χ2v) is 12.1. The lowest BCUT2D eigenvalue weighted by atomic mass is 10.0.